The normalized spacial score (nSPS) is 12.5. The zero-order valence-electron chi connectivity index (χ0n) is 36.7. The van der Waals surface area contributed by atoms with E-state index < -0.39 is 11.2 Å². The number of phenolic OH excluding ortho intramolecular Hbond substituents is 1. The van der Waals surface area contributed by atoms with E-state index in [0.29, 0.717) is 5.75 Å². The number of benzene rings is 5. The van der Waals surface area contributed by atoms with Crippen molar-refractivity contribution in [3.8, 4) is 62.8 Å². The van der Waals surface area contributed by atoms with Gasteiger partial charge in [0.2, 0.25) is 0 Å². The van der Waals surface area contributed by atoms with Crippen LogP contribution in [0.1, 0.15) is 52.7 Å². The third kappa shape index (κ3) is 8.40. The molecule has 0 atom stereocenters. The summed E-state index contributed by atoms with van der Waals surface area (Å²) in [4.78, 5) is 38.5. The van der Waals surface area contributed by atoms with Gasteiger partial charge in [-0.15, -0.1) is 0 Å². The molecule has 10 nitrogen and oxygen atoms in total. The molecule has 0 saturated carbocycles. The molecule has 3 aromatic heterocycles. The molecule has 25 heteroatoms. The van der Waals surface area contributed by atoms with Crippen molar-refractivity contribution >= 4 is 207 Å². The van der Waals surface area contributed by atoms with Gasteiger partial charge in [-0.05, 0) is 22.5 Å². The van der Waals surface area contributed by atoms with Gasteiger partial charge in [0, 0.05) is 72.0 Å². The third-order valence-electron chi connectivity index (χ3n) is 11.5. The van der Waals surface area contributed by atoms with E-state index in [0.717, 1.165) is 11.1 Å². The van der Waals surface area contributed by atoms with E-state index in [1.807, 2.05) is 12.1 Å². The van der Waals surface area contributed by atoms with Crippen molar-refractivity contribution in [1.29, 1.82) is 0 Å². The molecule has 0 fully saturated rings. The number of hydrogen-bond donors (Lipinski definition) is 1. The number of halogens is 14. The first-order valence-electron chi connectivity index (χ1n) is 20.1. The third-order valence-corrected chi connectivity index (χ3v) is 17.5. The number of phenols is 1. The van der Waals surface area contributed by atoms with Crippen LogP contribution in [-0.4, -0.2) is 35.0 Å². The van der Waals surface area contributed by atoms with Gasteiger partial charge in [-0.3, -0.25) is 0 Å². The van der Waals surface area contributed by atoms with E-state index in [4.69, 9.17) is 207 Å². The minimum atomic E-state index is -0.581. The fourth-order valence-corrected chi connectivity index (χ4v) is 11.7. The fourth-order valence-electron chi connectivity index (χ4n) is 8.00. The summed E-state index contributed by atoms with van der Waals surface area (Å²) in [5.74, 6) is -0.727. The van der Waals surface area contributed by atoms with Crippen LogP contribution in [0.2, 0.25) is 70.3 Å². The predicted octanol–water partition coefficient (Wildman–Crippen LogP) is 19.4. The van der Waals surface area contributed by atoms with Crippen LogP contribution < -0.4 is 14.7 Å². The Morgan fingerprint density at radius 2 is 0.761 bits per heavy atom. The Morgan fingerprint density at radius 1 is 0.408 bits per heavy atom. The summed E-state index contributed by atoms with van der Waals surface area (Å²) in [7, 11) is 0. The molecule has 0 saturated heterocycles. The van der Waals surface area contributed by atoms with Gasteiger partial charge >= 0.3 is 19.5 Å². The first kappa shape index (κ1) is 53.6. The van der Waals surface area contributed by atoms with E-state index >= 15 is 0 Å². The average molecular weight is 1280 g/mol. The molecular formula is C46H22Cl14N8O2Zn. The summed E-state index contributed by atoms with van der Waals surface area (Å²) >= 11 is 96.6. The molecule has 5 heterocycles. The van der Waals surface area contributed by atoms with E-state index in [1.165, 1.54) is 0 Å². The second kappa shape index (κ2) is 18.8. The van der Waals surface area contributed by atoms with Crippen molar-refractivity contribution in [3.63, 3.8) is 0 Å². The van der Waals surface area contributed by atoms with Gasteiger partial charge in [0.1, 0.15) is 15.8 Å². The molecule has 0 amide bonds. The smallest absolute Gasteiger partial charge is 0.505 e. The molecule has 1 N–H and O–H groups in total. The maximum atomic E-state index is 11.2. The van der Waals surface area contributed by atoms with E-state index in [2.05, 4.69) is 47.6 Å². The van der Waals surface area contributed by atoms with Crippen molar-refractivity contribution < 1.29 is 29.3 Å². The van der Waals surface area contributed by atoms with E-state index in [9.17, 15) is 5.11 Å². The number of aromatic hydroxyl groups is 1. The van der Waals surface area contributed by atoms with Crippen molar-refractivity contribution in [1.82, 2.24) is 39.9 Å². The summed E-state index contributed by atoms with van der Waals surface area (Å²) in [6.45, 7) is 12.5. The number of hydrogen-bond acceptors (Lipinski definition) is 8. The minimum absolute atomic E-state index is 0. The van der Waals surface area contributed by atoms with Crippen LogP contribution in [0, 0.1) is 0 Å². The molecule has 71 heavy (non-hydrogen) atoms. The standard InChI is InChI=1S/C46H22Cl14N8O2.Zn/c1-45(2,3)10-7-8-12(11(9-10)46(4,5)6)70-36-28(54)20-18(26(52)34(36)60)42-64-39-14-13(21(47)29(55)30(56)22(14)48)37(62-39)61-38-15-16(24(50)32(58)31(57)23(15)49)40(63-38)65-43-19-17(41(66-43)67-44(20)68-42)25(51)33(59)35(69)27(19)53;/h7-9H,1-6H3,(H-2,61,62,63,64,65,66,67,68,69);/q-2;+2. The van der Waals surface area contributed by atoms with Crippen LogP contribution in [0.15, 0.2) is 18.2 Å². The fraction of sp³-hybridized carbons (Fsp3) is 0.174. The van der Waals surface area contributed by atoms with Crippen molar-refractivity contribution in [3.05, 3.63) is 99.6 Å². The van der Waals surface area contributed by atoms with Crippen LogP contribution in [0.5, 0.6) is 17.2 Å². The summed E-state index contributed by atoms with van der Waals surface area (Å²) in [5.41, 5.74) is 1.05. The molecule has 0 unspecified atom stereocenters. The van der Waals surface area contributed by atoms with Gasteiger partial charge in [-0.25, -0.2) is 9.97 Å². The molecule has 0 aliphatic carbocycles. The van der Waals surface area contributed by atoms with Crippen LogP contribution >= 0.6 is 162 Å². The van der Waals surface area contributed by atoms with Crippen LogP contribution in [0.25, 0.3) is 89.7 Å². The van der Waals surface area contributed by atoms with Gasteiger partial charge in [-0.2, -0.15) is 0 Å². The Kier molecular flexibility index (Phi) is 14.2. The Hall–Kier alpha value is -2.26. The largest absolute Gasteiger partial charge is 2.00 e. The summed E-state index contributed by atoms with van der Waals surface area (Å²) in [5, 5.41) is 9.37. The maximum absolute atomic E-state index is 11.2. The summed E-state index contributed by atoms with van der Waals surface area (Å²) in [6.07, 6.45) is 0. The number of fused-ring (bicyclic) bond motifs is 20. The van der Waals surface area contributed by atoms with Crippen molar-refractivity contribution in [2.45, 2.75) is 52.4 Å². The van der Waals surface area contributed by atoms with Gasteiger partial charge in [0.05, 0.1) is 83.6 Å². The molecule has 5 aromatic carbocycles. The molecule has 0 radical (unpaired) electrons. The van der Waals surface area contributed by atoms with Gasteiger partial charge in [-0.1, -0.05) is 216 Å². The molecule has 8 bridgehead atoms. The first-order chi connectivity index (χ1) is 32.7. The second-order valence-corrected chi connectivity index (χ2v) is 23.2. The Morgan fingerprint density at radius 3 is 1.15 bits per heavy atom. The van der Waals surface area contributed by atoms with E-state index in [1.54, 1.807) is 0 Å². The van der Waals surface area contributed by atoms with Crippen molar-refractivity contribution in [2.24, 2.45) is 0 Å². The molecule has 10 rings (SSSR count). The van der Waals surface area contributed by atoms with Crippen LogP contribution in [-0.2, 0) is 30.3 Å². The summed E-state index contributed by atoms with van der Waals surface area (Å²) < 4.78 is 6.68. The van der Waals surface area contributed by atoms with Gasteiger partial charge in [0.15, 0.2) is 11.5 Å². The summed E-state index contributed by atoms with van der Waals surface area (Å²) in [6, 6.07) is 5.90. The minimum Gasteiger partial charge on any atom is -0.505 e. The molecule has 2 aliphatic rings. The molecule has 358 valence electrons. The average Bonchev–Trinajstić information content (AvgIpc) is 4.05. The van der Waals surface area contributed by atoms with Gasteiger partial charge in [0.25, 0.3) is 0 Å². The maximum Gasteiger partial charge on any atom is 2.00 e. The number of rotatable bonds is 2. The molecule has 2 aliphatic heterocycles. The number of aromatic nitrogens is 8. The Bertz CT molecular complexity index is 3910. The topological polar surface area (TPSA) is 135 Å². The molecular weight excluding hydrogens is 1260 g/mol. The zero-order chi connectivity index (χ0) is 50.7. The predicted molar refractivity (Wildman–Crippen MR) is 290 cm³/mol. The Balaban J connectivity index is 0.00000624. The molecule has 0 spiro atoms. The van der Waals surface area contributed by atoms with Gasteiger partial charge < -0.3 is 39.7 Å². The quantitative estimate of drug-likeness (QED) is 0.101. The Labute approximate surface area is 485 Å². The SMILES string of the molecule is CC(C)(C)c1ccc(Oc2c(Cl)c(Cl)c3c(c2Cl)-c2nc-3nc3[n-]c(nc4nc(nc5[n-]c(n2)c2c(Cl)c(Cl)c(O)c(Cl)c52)-c2c(Cl)c(Cl)c(Cl)c(Cl)c2-4)c2c(Cl)c(Cl)c(Cl)c(Cl)c32)c(C(C)(C)C)c1.[Zn+2]. The monoisotopic (exact) mass is 1270 g/mol. The van der Waals surface area contributed by atoms with E-state index in [-0.39, 0.29) is 191 Å². The van der Waals surface area contributed by atoms with Crippen LogP contribution in [0.3, 0.4) is 0 Å². The zero-order valence-corrected chi connectivity index (χ0v) is 50.2. The number of ether oxygens (including phenoxy) is 1. The van der Waals surface area contributed by atoms with Crippen LogP contribution in [0.4, 0.5) is 0 Å². The number of nitrogens with zero attached hydrogens (tertiary/aromatic N) is 8. The van der Waals surface area contributed by atoms with Crippen molar-refractivity contribution in [2.75, 3.05) is 0 Å². The second-order valence-electron chi connectivity index (χ2n) is 17.9. The molecule has 8 aromatic rings. The first-order valence-corrected chi connectivity index (χ1v) is 25.4.